The molecule has 2 aromatic rings. The molecule has 0 N–H and O–H groups in total. The van der Waals surface area contributed by atoms with Crippen molar-refractivity contribution >= 4 is 17.4 Å². The molecule has 0 saturated heterocycles. The van der Waals surface area contributed by atoms with Crippen LogP contribution in [0.2, 0.25) is 0 Å². The average Bonchev–Trinajstić information content (AvgIpc) is 2.61. The average molecular weight is 202 g/mol. The predicted molar refractivity (Wildman–Crippen MR) is 60.4 cm³/mol. The molecule has 0 aliphatic rings. The largest absolute Gasteiger partial charge is 0.311 e. The van der Waals surface area contributed by atoms with E-state index in [9.17, 15) is 0 Å². The SMILES string of the molecule is C/C=C\c1cnc2ncn(C(C)C)c2n1. The molecule has 0 unspecified atom stereocenters. The summed E-state index contributed by atoms with van der Waals surface area (Å²) in [6.07, 6.45) is 7.41. The van der Waals surface area contributed by atoms with E-state index in [-0.39, 0.29) is 0 Å². The molecule has 0 saturated carbocycles. The Hall–Kier alpha value is -1.71. The van der Waals surface area contributed by atoms with E-state index in [0.29, 0.717) is 11.7 Å². The smallest absolute Gasteiger partial charge is 0.197 e. The molecule has 2 rings (SSSR count). The standard InChI is InChI=1S/C11H14N4/c1-4-5-9-6-12-10-11(14-9)15(7-13-10)8(2)3/h4-8H,1-3H3/b5-4-. The molecule has 0 radical (unpaired) electrons. The Bertz CT molecular complexity index is 496. The van der Waals surface area contributed by atoms with Crippen LogP contribution in [0.3, 0.4) is 0 Å². The lowest BCUT2D eigenvalue weighted by Gasteiger charge is -2.06. The molecule has 4 nitrogen and oxygen atoms in total. The molecule has 0 atom stereocenters. The van der Waals surface area contributed by atoms with E-state index in [1.165, 1.54) is 0 Å². The fourth-order valence-corrected chi connectivity index (χ4v) is 1.45. The molecular weight excluding hydrogens is 188 g/mol. The number of rotatable bonds is 2. The summed E-state index contributed by atoms with van der Waals surface area (Å²) in [5.41, 5.74) is 2.42. The Morgan fingerprint density at radius 2 is 2.13 bits per heavy atom. The second-order valence-electron chi connectivity index (χ2n) is 3.69. The summed E-state index contributed by atoms with van der Waals surface area (Å²) in [5.74, 6) is 0. The van der Waals surface area contributed by atoms with E-state index in [1.807, 2.05) is 23.6 Å². The maximum Gasteiger partial charge on any atom is 0.197 e. The van der Waals surface area contributed by atoms with Gasteiger partial charge in [-0.25, -0.2) is 15.0 Å². The Morgan fingerprint density at radius 3 is 2.80 bits per heavy atom. The predicted octanol–water partition coefficient (Wildman–Crippen LogP) is 2.44. The first-order chi connectivity index (χ1) is 7.22. The number of aromatic nitrogens is 4. The number of imidazole rings is 1. The van der Waals surface area contributed by atoms with Gasteiger partial charge in [0.05, 0.1) is 18.2 Å². The number of hydrogen-bond acceptors (Lipinski definition) is 3. The van der Waals surface area contributed by atoms with Crippen LogP contribution in [0.25, 0.3) is 17.4 Å². The van der Waals surface area contributed by atoms with Gasteiger partial charge in [-0.2, -0.15) is 0 Å². The summed E-state index contributed by atoms with van der Waals surface area (Å²) < 4.78 is 2.02. The van der Waals surface area contributed by atoms with Gasteiger partial charge in [0.25, 0.3) is 0 Å². The van der Waals surface area contributed by atoms with Gasteiger partial charge >= 0.3 is 0 Å². The highest BCUT2D eigenvalue weighted by Crippen LogP contribution is 2.14. The van der Waals surface area contributed by atoms with Gasteiger partial charge in [0.2, 0.25) is 0 Å². The monoisotopic (exact) mass is 202 g/mol. The fourth-order valence-electron chi connectivity index (χ4n) is 1.45. The molecule has 2 aromatic heterocycles. The Morgan fingerprint density at radius 1 is 1.33 bits per heavy atom. The lowest BCUT2D eigenvalue weighted by molar-refractivity contribution is 0.612. The first-order valence-corrected chi connectivity index (χ1v) is 5.04. The molecule has 2 heterocycles. The number of hydrogen-bond donors (Lipinski definition) is 0. The van der Waals surface area contributed by atoms with Crippen LogP contribution in [-0.4, -0.2) is 19.5 Å². The second-order valence-corrected chi connectivity index (χ2v) is 3.69. The van der Waals surface area contributed by atoms with Gasteiger partial charge in [0, 0.05) is 6.04 Å². The zero-order valence-electron chi connectivity index (χ0n) is 9.18. The van der Waals surface area contributed by atoms with Crippen molar-refractivity contribution in [1.82, 2.24) is 19.5 Å². The lowest BCUT2D eigenvalue weighted by Crippen LogP contribution is -2.00. The van der Waals surface area contributed by atoms with Gasteiger partial charge in [-0.05, 0) is 26.8 Å². The molecule has 0 bridgehead atoms. The van der Waals surface area contributed by atoms with E-state index in [4.69, 9.17) is 0 Å². The summed E-state index contributed by atoms with van der Waals surface area (Å²) in [5, 5.41) is 0. The number of nitrogens with zero attached hydrogens (tertiary/aromatic N) is 4. The molecule has 0 amide bonds. The van der Waals surface area contributed by atoms with Crippen LogP contribution in [0.5, 0.6) is 0 Å². The number of fused-ring (bicyclic) bond motifs is 1. The Labute approximate surface area is 88.7 Å². The van der Waals surface area contributed by atoms with Crippen LogP contribution in [0.15, 0.2) is 18.6 Å². The highest BCUT2D eigenvalue weighted by Gasteiger charge is 2.07. The van der Waals surface area contributed by atoms with E-state index in [2.05, 4.69) is 28.8 Å². The lowest BCUT2D eigenvalue weighted by atomic mass is 10.4. The minimum atomic E-state index is 0.352. The fraction of sp³-hybridized carbons (Fsp3) is 0.364. The van der Waals surface area contributed by atoms with Crippen LogP contribution in [0.4, 0.5) is 0 Å². The molecule has 4 heteroatoms. The van der Waals surface area contributed by atoms with Crippen LogP contribution >= 0.6 is 0 Å². The molecule has 0 aliphatic carbocycles. The molecule has 0 spiro atoms. The zero-order chi connectivity index (χ0) is 10.8. The molecule has 15 heavy (non-hydrogen) atoms. The highest BCUT2D eigenvalue weighted by molar-refractivity contribution is 5.67. The topological polar surface area (TPSA) is 43.6 Å². The van der Waals surface area contributed by atoms with Crippen molar-refractivity contribution in [2.75, 3.05) is 0 Å². The zero-order valence-corrected chi connectivity index (χ0v) is 9.18. The number of allylic oxidation sites excluding steroid dienone is 1. The summed E-state index contributed by atoms with van der Waals surface area (Å²) >= 11 is 0. The minimum Gasteiger partial charge on any atom is -0.311 e. The molecule has 0 aromatic carbocycles. The van der Waals surface area contributed by atoms with E-state index in [0.717, 1.165) is 11.3 Å². The minimum absolute atomic E-state index is 0.352. The summed E-state index contributed by atoms with van der Waals surface area (Å²) in [7, 11) is 0. The summed E-state index contributed by atoms with van der Waals surface area (Å²) in [6, 6.07) is 0.352. The maximum absolute atomic E-state index is 4.50. The molecular formula is C11H14N4. The van der Waals surface area contributed by atoms with Gasteiger partial charge in [-0.1, -0.05) is 6.08 Å². The molecule has 0 aliphatic heterocycles. The van der Waals surface area contributed by atoms with Crippen LogP contribution in [0, 0.1) is 0 Å². The van der Waals surface area contributed by atoms with Crippen LogP contribution < -0.4 is 0 Å². The van der Waals surface area contributed by atoms with Crippen molar-refractivity contribution in [3.05, 3.63) is 24.3 Å². The van der Waals surface area contributed by atoms with Crippen molar-refractivity contribution in [1.29, 1.82) is 0 Å². The third-order valence-electron chi connectivity index (χ3n) is 2.20. The van der Waals surface area contributed by atoms with Crippen molar-refractivity contribution in [2.45, 2.75) is 26.8 Å². The van der Waals surface area contributed by atoms with Gasteiger partial charge in [0.1, 0.15) is 0 Å². The van der Waals surface area contributed by atoms with Gasteiger partial charge in [-0.3, -0.25) is 0 Å². The first kappa shape index (κ1) is 9.83. The van der Waals surface area contributed by atoms with Crippen LogP contribution in [0.1, 0.15) is 32.5 Å². The van der Waals surface area contributed by atoms with Gasteiger partial charge in [0.15, 0.2) is 11.3 Å². The van der Waals surface area contributed by atoms with Gasteiger partial charge in [-0.15, -0.1) is 0 Å². The van der Waals surface area contributed by atoms with E-state index < -0.39 is 0 Å². The van der Waals surface area contributed by atoms with Crippen molar-refractivity contribution in [2.24, 2.45) is 0 Å². The normalized spacial score (nSPS) is 12.0. The summed E-state index contributed by atoms with van der Waals surface area (Å²) in [6.45, 7) is 6.17. The quantitative estimate of drug-likeness (QED) is 0.751. The van der Waals surface area contributed by atoms with Crippen molar-refractivity contribution in [3.63, 3.8) is 0 Å². The van der Waals surface area contributed by atoms with Crippen molar-refractivity contribution in [3.8, 4) is 0 Å². The van der Waals surface area contributed by atoms with E-state index in [1.54, 1.807) is 12.5 Å². The van der Waals surface area contributed by atoms with Crippen LogP contribution in [-0.2, 0) is 0 Å². The summed E-state index contributed by atoms with van der Waals surface area (Å²) in [4.78, 5) is 13.0. The highest BCUT2D eigenvalue weighted by atomic mass is 15.1. The maximum atomic E-state index is 4.50. The second kappa shape index (κ2) is 3.81. The third-order valence-corrected chi connectivity index (χ3v) is 2.20. The Balaban J connectivity index is 2.61. The van der Waals surface area contributed by atoms with Gasteiger partial charge < -0.3 is 4.57 Å². The Kier molecular flexibility index (Phi) is 2.49. The van der Waals surface area contributed by atoms with Crippen molar-refractivity contribution < 1.29 is 0 Å². The first-order valence-electron chi connectivity index (χ1n) is 5.04. The third kappa shape index (κ3) is 1.75. The van der Waals surface area contributed by atoms with E-state index >= 15 is 0 Å². The molecule has 0 fully saturated rings. The molecule has 78 valence electrons.